The third-order valence-corrected chi connectivity index (χ3v) is 5.39. The fourth-order valence-electron chi connectivity index (χ4n) is 2.91. The number of likely N-dealkylation sites (N-methyl/N-ethyl adjacent to an activating group) is 1. The molecular weight excluding hydrogens is 364 g/mol. The Bertz CT molecular complexity index is 988. The lowest BCUT2D eigenvalue weighted by atomic mass is 10.1. The zero-order valence-corrected chi connectivity index (χ0v) is 16.6. The molecule has 0 aromatic carbocycles. The largest absolute Gasteiger partial charge is 0.343 e. The summed E-state index contributed by atoms with van der Waals surface area (Å²) < 4.78 is 5.30. The van der Waals surface area contributed by atoms with Crippen molar-refractivity contribution >= 4 is 34.3 Å². The molecule has 8 heteroatoms. The van der Waals surface area contributed by atoms with Crippen molar-refractivity contribution in [2.75, 3.05) is 19.6 Å². The molecule has 3 rings (SSSR count). The average Bonchev–Trinajstić information content (AvgIpc) is 3.26. The maximum absolute atomic E-state index is 12.8. The molecular formula is C19H22N4O3S. The van der Waals surface area contributed by atoms with Crippen molar-refractivity contribution in [2.45, 2.75) is 27.7 Å². The van der Waals surface area contributed by atoms with Gasteiger partial charge in [0.2, 0.25) is 5.91 Å². The van der Waals surface area contributed by atoms with Gasteiger partial charge >= 0.3 is 0 Å². The molecule has 0 saturated carbocycles. The molecule has 0 fully saturated rings. The summed E-state index contributed by atoms with van der Waals surface area (Å²) in [6.07, 6.45) is 0. The maximum Gasteiger partial charge on any atom is 0.259 e. The standard InChI is InChI=1S/C19H22N4O3S/c1-5-23(6-2)16(24)10-20-18(25)13-9-14(15-8-7-11(3)27-15)21-19-17(13)12(4)22-26-19/h7-9H,5-6,10H2,1-4H3,(H,20,25). The van der Waals surface area contributed by atoms with Gasteiger partial charge in [-0.15, -0.1) is 11.3 Å². The minimum absolute atomic E-state index is 0.0535. The molecule has 3 aromatic rings. The number of carbonyl (C=O) groups excluding carboxylic acids is 2. The lowest BCUT2D eigenvalue weighted by Crippen LogP contribution is -2.40. The number of nitrogens with one attached hydrogen (secondary N) is 1. The highest BCUT2D eigenvalue weighted by Crippen LogP contribution is 2.30. The van der Waals surface area contributed by atoms with Crippen molar-refractivity contribution < 1.29 is 14.1 Å². The summed E-state index contributed by atoms with van der Waals surface area (Å²) in [6, 6.07) is 5.69. The van der Waals surface area contributed by atoms with E-state index in [2.05, 4.69) is 15.5 Å². The highest BCUT2D eigenvalue weighted by Gasteiger charge is 2.21. The van der Waals surface area contributed by atoms with Gasteiger partial charge in [0, 0.05) is 18.0 Å². The predicted octanol–water partition coefficient (Wildman–Crippen LogP) is 3.17. The molecule has 0 spiro atoms. The second-order valence-electron chi connectivity index (χ2n) is 6.16. The van der Waals surface area contributed by atoms with Crippen LogP contribution in [0.5, 0.6) is 0 Å². The molecule has 0 aliphatic rings. The van der Waals surface area contributed by atoms with Crippen LogP contribution >= 0.6 is 11.3 Å². The number of hydrogen-bond donors (Lipinski definition) is 1. The van der Waals surface area contributed by atoms with E-state index in [1.165, 1.54) is 0 Å². The molecule has 7 nitrogen and oxygen atoms in total. The quantitative estimate of drug-likeness (QED) is 0.703. The van der Waals surface area contributed by atoms with Gasteiger partial charge in [-0.3, -0.25) is 9.59 Å². The second-order valence-corrected chi connectivity index (χ2v) is 7.45. The molecule has 2 amide bonds. The van der Waals surface area contributed by atoms with E-state index in [4.69, 9.17) is 4.52 Å². The number of amides is 2. The van der Waals surface area contributed by atoms with Gasteiger partial charge < -0.3 is 14.7 Å². The minimum atomic E-state index is -0.344. The van der Waals surface area contributed by atoms with Gasteiger partial charge in [-0.05, 0) is 45.9 Å². The highest BCUT2D eigenvalue weighted by atomic mass is 32.1. The van der Waals surface area contributed by atoms with Gasteiger partial charge in [0.25, 0.3) is 11.6 Å². The van der Waals surface area contributed by atoms with Crippen molar-refractivity contribution in [1.29, 1.82) is 0 Å². The van der Waals surface area contributed by atoms with Crippen molar-refractivity contribution in [3.8, 4) is 10.6 Å². The third-order valence-electron chi connectivity index (χ3n) is 4.37. The number of thiophene rings is 1. The Morgan fingerprint density at radius 1 is 1.22 bits per heavy atom. The lowest BCUT2D eigenvalue weighted by molar-refractivity contribution is -0.129. The number of hydrogen-bond acceptors (Lipinski definition) is 6. The van der Waals surface area contributed by atoms with E-state index in [9.17, 15) is 9.59 Å². The molecule has 142 valence electrons. The zero-order chi connectivity index (χ0) is 19.6. The highest BCUT2D eigenvalue weighted by molar-refractivity contribution is 7.15. The van der Waals surface area contributed by atoms with Crippen LogP contribution in [0.4, 0.5) is 0 Å². The molecule has 27 heavy (non-hydrogen) atoms. The number of nitrogens with zero attached hydrogens (tertiary/aromatic N) is 3. The van der Waals surface area contributed by atoms with Gasteiger partial charge in [0.1, 0.15) is 0 Å². The van der Waals surface area contributed by atoms with Gasteiger partial charge in [0.05, 0.1) is 33.8 Å². The molecule has 0 bridgehead atoms. The van der Waals surface area contributed by atoms with Crippen LogP contribution in [0.15, 0.2) is 22.7 Å². The number of rotatable bonds is 6. The van der Waals surface area contributed by atoms with Crippen molar-refractivity contribution in [1.82, 2.24) is 20.4 Å². The summed E-state index contributed by atoms with van der Waals surface area (Å²) in [6.45, 7) is 8.76. The van der Waals surface area contributed by atoms with E-state index in [1.54, 1.807) is 29.2 Å². The summed E-state index contributed by atoms with van der Waals surface area (Å²) in [7, 11) is 0. The van der Waals surface area contributed by atoms with Crippen molar-refractivity contribution in [2.24, 2.45) is 0 Å². The third kappa shape index (κ3) is 3.85. The summed E-state index contributed by atoms with van der Waals surface area (Å²) in [5, 5.41) is 7.23. The Morgan fingerprint density at radius 2 is 1.96 bits per heavy atom. The van der Waals surface area contributed by atoms with E-state index in [0.29, 0.717) is 41.1 Å². The molecule has 0 unspecified atom stereocenters. The number of fused-ring (bicyclic) bond motifs is 1. The molecule has 0 radical (unpaired) electrons. The van der Waals surface area contributed by atoms with E-state index in [0.717, 1.165) is 9.75 Å². The topological polar surface area (TPSA) is 88.3 Å². The smallest absolute Gasteiger partial charge is 0.259 e. The maximum atomic E-state index is 12.8. The molecule has 3 aromatic heterocycles. The number of aryl methyl sites for hydroxylation is 2. The summed E-state index contributed by atoms with van der Waals surface area (Å²) in [5.41, 5.74) is 1.96. The zero-order valence-electron chi connectivity index (χ0n) is 15.8. The molecule has 0 aliphatic carbocycles. The van der Waals surface area contributed by atoms with Crippen LogP contribution in [0, 0.1) is 13.8 Å². The van der Waals surface area contributed by atoms with Crippen LogP contribution in [-0.2, 0) is 4.79 Å². The SMILES string of the molecule is CCN(CC)C(=O)CNC(=O)c1cc(-c2ccc(C)s2)nc2onc(C)c12. The first kappa shape index (κ1) is 19.0. The molecule has 0 atom stereocenters. The van der Waals surface area contributed by atoms with Gasteiger partial charge in [0.15, 0.2) is 0 Å². The summed E-state index contributed by atoms with van der Waals surface area (Å²) in [5.74, 6) is -0.460. The Morgan fingerprint density at radius 3 is 2.59 bits per heavy atom. The normalized spacial score (nSPS) is 11.0. The van der Waals surface area contributed by atoms with Crippen LogP contribution < -0.4 is 5.32 Å². The molecule has 3 heterocycles. The van der Waals surface area contributed by atoms with Crippen LogP contribution in [0.3, 0.4) is 0 Å². The van der Waals surface area contributed by atoms with Crippen LogP contribution in [0.1, 0.15) is 34.8 Å². The first-order chi connectivity index (χ1) is 12.9. The fourth-order valence-corrected chi connectivity index (χ4v) is 3.74. The minimum Gasteiger partial charge on any atom is -0.343 e. The van der Waals surface area contributed by atoms with Crippen LogP contribution in [-0.4, -0.2) is 46.5 Å². The Hall–Kier alpha value is -2.74. The van der Waals surface area contributed by atoms with Crippen LogP contribution in [0.2, 0.25) is 0 Å². The summed E-state index contributed by atoms with van der Waals surface area (Å²) in [4.78, 5) is 33.3. The van der Waals surface area contributed by atoms with E-state index in [-0.39, 0.29) is 18.4 Å². The van der Waals surface area contributed by atoms with Crippen molar-refractivity contribution in [3.05, 3.63) is 34.3 Å². The van der Waals surface area contributed by atoms with Gasteiger partial charge in [-0.2, -0.15) is 0 Å². The lowest BCUT2D eigenvalue weighted by Gasteiger charge is -2.18. The Labute approximate surface area is 161 Å². The van der Waals surface area contributed by atoms with Crippen molar-refractivity contribution in [3.63, 3.8) is 0 Å². The average molecular weight is 386 g/mol. The molecule has 0 saturated heterocycles. The number of aromatic nitrogens is 2. The summed E-state index contributed by atoms with van der Waals surface area (Å²) >= 11 is 1.59. The predicted molar refractivity (Wildman–Crippen MR) is 105 cm³/mol. The van der Waals surface area contributed by atoms with E-state index < -0.39 is 0 Å². The Balaban J connectivity index is 1.93. The molecule has 0 aliphatic heterocycles. The van der Waals surface area contributed by atoms with E-state index >= 15 is 0 Å². The van der Waals surface area contributed by atoms with Gasteiger partial charge in [-0.25, -0.2) is 4.98 Å². The number of pyridine rings is 1. The van der Waals surface area contributed by atoms with Gasteiger partial charge in [-0.1, -0.05) is 5.16 Å². The Kier molecular flexibility index (Phi) is 5.55. The fraction of sp³-hybridized carbons (Fsp3) is 0.368. The van der Waals surface area contributed by atoms with Crippen LogP contribution in [0.25, 0.3) is 21.7 Å². The first-order valence-corrected chi connectivity index (χ1v) is 9.66. The van der Waals surface area contributed by atoms with E-state index in [1.807, 2.05) is 32.9 Å². The monoisotopic (exact) mass is 386 g/mol. The second kappa shape index (κ2) is 7.87. The number of carbonyl (C=O) groups is 2. The molecule has 1 N–H and O–H groups in total. The first-order valence-electron chi connectivity index (χ1n) is 8.84.